The maximum Gasteiger partial charge on any atom is 0.472 e. The zero-order valence-corrected chi connectivity index (χ0v) is 59.2. The molecule has 0 spiro atoms. The maximum atomic E-state index is 13.0. The first-order valence-electron chi connectivity index (χ1n) is 35.5. The van der Waals surface area contributed by atoms with Crippen LogP contribution in [0.4, 0.5) is 0 Å². The molecule has 0 aromatic heterocycles. The van der Waals surface area contributed by atoms with E-state index in [-0.39, 0.29) is 25.7 Å². The molecule has 0 aliphatic rings. The zero-order valence-electron chi connectivity index (χ0n) is 57.4. The summed E-state index contributed by atoms with van der Waals surface area (Å²) in [4.78, 5) is 72.5. The van der Waals surface area contributed by atoms with Gasteiger partial charge in [0.15, 0.2) is 12.2 Å². The Balaban J connectivity index is 5.38. The molecule has 17 nitrogen and oxygen atoms in total. The summed E-state index contributed by atoms with van der Waals surface area (Å²) in [5.74, 6) is -2.34. The number of esters is 4. The lowest BCUT2D eigenvalue weighted by atomic mass is 10.0. The molecule has 5 atom stereocenters. The Kier molecular flexibility index (Phi) is 62.8. The molecule has 530 valence electrons. The van der Waals surface area contributed by atoms with Gasteiger partial charge in [0.1, 0.15) is 19.3 Å². The van der Waals surface area contributed by atoms with Crippen LogP contribution in [0.5, 0.6) is 0 Å². The molecule has 0 radical (unpaired) electrons. The number of aliphatic hydroxyl groups excluding tert-OH is 1. The second-order valence-corrected chi connectivity index (χ2v) is 26.4. The van der Waals surface area contributed by atoms with E-state index >= 15 is 0 Å². The van der Waals surface area contributed by atoms with Gasteiger partial charge in [0.25, 0.3) is 0 Å². The van der Waals surface area contributed by atoms with Gasteiger partial charge in [-0.2, -0.15) is 0 Å². The average Bonchev–Trinajstić information content (AvgIpc) is 2.24. The minimum Gasteiger partial charge on any atom is -0.462 e. The summed E-state index contributed by atoms with van der Waals surface area (Å²) in [6, 6.07) is 0. The molecule has 0 heterocycles. The van der Waals surface area contributed by atoms with Crippen LogP contribution in [0.25, 0.3) is 0 Å². The first kappa shape index (κ1) is 88.0. The molecule has 0 amide bonds. The summed E-state index contributed by atoms with van der Waals surface area (Å²) >= 11 is 0. The first-order valence-corrected chi connectivity index (χ1v) is 38.5. The van der Waals surface area contributed by atoms with Crippen molar-refractivity contribution in [1.82, 2.24) is 0 Å². The van der Waals surface area contributed by atoms with Crippen molar-refractivity contribution >= 4 is 39.5 Å². The van der Waals surface area contributed by atoms with Crippen molar-refractivity contribution in [1.29, 1.82) is 0 Å². The molecule has 0 saturated heterocycles. The molecule has 5 unspecified atom stereocenters. The SMILES string of the molecule is CC/C=C\C/C=C\C/C=C\C/C=C\C/C=C\CC(=O)OCC(COP(=O)(O)OCC(O)COP(=O)(O)OCC(COC(=O)CCCCCCC/C=C\C/C=C\CCC)OC(=O)CCCCCCCCCCCCCCC)OC(=O)CCCCCCC/C=C\CCCC. The summed E-state index contributed by atoms with van der Waals surface area (Å²) in [5.41, 5.74) is 0. The second kappa shape index (κ2) is 65.6. The van der Waals surface area contributed by atoms with Crippen LogP contribution in [0.2, 0.25) is 0 Å². The van der Waals surface area contributed by atoms with Crippen molar-refractivity contribution in [2.24, 2.45) is 0 Å². The predicted molar refractivity (Wildman–Crippen MR) is 372 cm³/mol. The maximum absolute atomic E-state index is 13.0. The molecule has 0 aliphatic carbocycles. The number of aliphatic hydroxyl groups is 1. The highest BCUT2D eigenvalue weighted by Gasteiger charge is 2.30. The number of ether oxygens (including phenoxy) is 4. The van der Waals surface area contributed by atoms with Crippen molar-refractivity contribution in [3.05, 3.63) is 97.2 Å². The normalized spacial score (nSPS) is 14.6. The van der Waals surface area contributed by atoms with E-state index in [1.165, 1.54) is 64.2 Å². The number of carbonyl (C=O) groups excluding carboxylic acids is 4. The van der Waals surface area contributed by atoms with E-state index in [2.05, 4.69) is 101 Å². The Labute approximate surface area is 557 Å². The fraction of sp³-hybridized carbons (Fsp3) is 0.726. The highest BCUT2D eigenvalue weighted by atomic mass is 31.2. The average molecular weight is 1340 g/mol. The Morgan fingerprint density at radius 1 is 0.326 bits per heavy atom. The highest BCUT2D eigenvalue weighted by molar-refractivity contribution is 7.47. The van der Waals surface area contributed by atoms with E-state index in [9.17, 15) is 43.2 Å². The van der Waals surface area contributed by atoms with Gasteiger partial charge in [0, 0.05) is 19.3 Å². The van der Waals surface area contributed by atoms with Crippen LogP contribution >= 0.6 is 15.6 Å². The molecule has 0 bridgehead atoms. The number of allylic oxidation sites excluding steroid dienone is 15. The van der Waals surface area contributed by atoms with Crippen LogP contribution in [0.15, 0.2) is 97.2 Å². The van der Waals surface area contributed by atoms with E-state index < -0.39 is 97.5 Å². The second-order valence-electron chi connectivity index (χ2n) is 23.5. The number of rotatable bonds is 66. The fourth-order valence-electron chi connectivity index (χ4n) is 9.13. The van der Waals surface area contributed by atoms with Gasteiger partial charge in [-0.25, -0.2) is 9.13 Å². The lowest BCUT2D eigenvalue weighted by molar-refractivity contribution is -0.161. The van der Waals surface area contributed by atoms with Crippen LogP contribution in [0, 0.1) is 0 Å². The molecule has 0 aromatic carbocycles. The van der Waals surface area contributed by atoms with Gasteiger partial charge in [-0.1, -0.05) is 260 Å². The van der Waals surface area contributed by atoms with E-state index in [4.69, 9.17) is 37.0 Å². The topological polar surface area (TPSA) is 237 Å². The van der Waals surface area contributed by atoms with Gasteiger partial charge in [-0.05, 0) is 96.3 Å². The monoisotopic (exact) mass is 1340 g/mol. The third kappa shape index (κ3) is 64.7. The molecule has 3 N–H and O–H groups in total. The molecule has 0 aliphatic heterocycles. The van der Waals surface area contributed by atoms with E-state index in [0.717, 1.165) is 141 Å². The summed E-state index contributed by atoms with van der Waals surface area (Å²) in [6.07, 6.45) is 66.0. The van der Waals surface area contributed by atoms with E-state index in [1.54, 1.807) is 6.08 Å². The highest BCUT2D eigenvalue weighted by Crippen LogP contribution is 2.45. The summed E-state index contributed by atoms with van der Waals surface area (Å²) in [7, 11) is -9.96. The minimum absolute atomic E-state index is 0.0647. The number of phosphoric acid groups is 2. The third-order valence-electron chi connectivity index (χ3n) is 14.5. The van der Waals surface area contributed by atoms with Crippen molar-refractivity contribution in [3.63, 3.8) is 0 Å². The Bertz CT molecular complexity index is 2130. The van der Waals surface area contributed by atoms with Crippen LogP contribution < -0.4 is 0 Å². The van der Waals surface area contributed by atoms with Crippen molar-refractivity contribution < 1.29 is 80.2 Å². The fourth-order valence-corrected chi connectivity index (χ4v) is 10.7. The lowest BCUT2D eigenvalue weighted by Crippen LogP contribution is -2.30. The molecule has 0 rings (SSSR count). The number of hydrogen-bond acceptors (Lipinski definition) is 15. The molecular formula is C73H126O17P2. The Morgan fingerprint density at radius 2 is 0.641 bits per heavy atom. The molecule has 92 heavy (non-hydrogen) atoms. The summed E-state index contributed by atoms with van der Waals surface area (Å²) < 4.78 is 68.1. The van der Waals surface area contributed by atoms with Crippen molar-refractivity contribution in [2.75, 3.05) is 39.6 Å². The van der Waals surface area contributed by atoms with Gasteiger partial charge in [0.2, 0.25) is 0 Å². The molecule has 0 fully saturated rings. The minimum atomic E-state index is -4.99. The summed E-state index contributed by atoms with van der Waals surface area (Å²) in [5, 5.41) is 10.6. The molecular weight excluding hydrogens is 1210 g/mol. The zero-order chi connectivity index (χ0) is 67.5. The van der Waals surface area contributed by atoms with Gasteiger partial charge < -0.3 is 33.8 Å². The van der Waals surface area contributed by atoms with Crippen LogP contribution in [0.1, 0.15) is 285 Å². The molecule has 0 aromatic rings. The van der Waals surface area contributed by atoms with Gasteiger partial charge in [-0.3, -0.25) is 37.3 Å². The largest absolute Gasteiger partial charge is 0.472 e. The lowest BCUT2D eigenvalue weighted by Gasteiger charge is -2.21. The number of unbranched alkanes of at least 4 members (excludes halogenated alkanes) is 25. The molecule has 19 heteroatoms. The van der Waals surface area contributed by atoms with Crippen molar-refractivity contribution in [2.45, 2.75) is 303 Å². The summed E-state index contributed by atoms with van der Waals surface area (Å²) in [6.45, 7) is 4.50. The van der Waals surface area contributed by atoms with Crippen LogP contribution in [-0.2, 0) is 65.4 Å². The van der Waals surface area contributed by atoms with Crippen LogP contribution in [-0.4, -0.2) is 96.7 Å². The predicted octanol–water partition coefficient (Wildman–Crippen LogP) is 19.7. The quantitative estimate of drug-likeness (QED) is 0.0169. The van der Waals surface area contributed by atoms with Gasteiger partial charge >= 0.3 is 39.5 Å². The smallest absolute Gasteiger partial charge is 0.462 e. The Morgan fingerprint density at radius 3 is 1.05 bits per heavy atom. The number of carbonyl (C=O) groups is 4. The first-order chi connectivity index (χ1) is 44.7. The number of phosphoric ester groups is 2. The van der Waals surface area contributed by atoms with E-state index in [1.807, 2.05) is 18.2 Å². The third-order valence-corrected chi connectivity index (χ3v) is 16.4. The van der Waals surface area contributed by atoms with E-state index in [0.29, 0.717) is 25.7 Å². The van der Waals surface area contributed by atoms with Crippen molar-refractivity contribution in [3.8, 4) is 0 Å². The van der Waals surface area contributed by atoms with Gasteiger partial charge in [0.05, 0.1) is 32.8 Å². The number of hydrogen-bond donors (Lipinski definition) is 3. The Hall–Kier alpha value is -4.02. The standard InChI is InChI=1S/C73H126O17P2/c1-5-9-13-17-21-25-29-32-33-36-39-42-46-50-54-58-71(76)84-63-68(89-72(77)59-55-51-47-43-37-28-24-20-16-12-8-4)65-87-91(79,80)85-61-67(74)62-86-92(81,82)88-66-69(90-73(78)60-56-52-48-44-40-35-31-27-23-19-15-11-7-3)64-83-70(75)57-53-49-45-41-38-34-30-26-22-18-14-10-6-2/h9,13-14,18,20-21,24-26,30,32-33,39,42,50,54,67-69,74H,5-8,10-12,15-17,19,22-23,27-29,31,34-38,40-41,43-49,51-53,55-66H2,1-4H3,(H,79,80)(H,81,82)/b13-9-,18-14-,24-20-,25-21-,30-26-,33-32-,42-39-,54-50-. The molecule has 0 saturated carbocycles. The van der Waals surface area contributed by atoms with Crippen LogP contribution in [0.3, 0.4) is 0 Å². The van der Waals surface area contributed by atoms with Gasteiger partial charge in [-0.15, -0.1) is 0 Å².